The van der Waals surface area contributed by atoms with Crippen LogP contribution < -0.4 is 4.74 Å². The van der Waals surface area contributed by atoms with Crippen LogP contribution in [0.4, 0.5) is 0 Å². The van der Waals surface area contributed by atoms with Crippen molar-refractivity contribution in [2.45, 2.75) is 31.7 Å². The number of carbonyl (C=O) groups excluding carboxylic acids is 1. The zero-order valence-electron chi connectivity index (χ0n) is 22.3. The Balaban J connectivity index is 1.69. The molecule has 1 atom stereocenters. The Morgan fingerprint density at radius 2 is 1.68 bits per heavy atom. The van der Waals surface area contributed by atoms with Crippen LogP contribution in [0.15, 0.2) is 65.1 Å². The first-order valence-corrected chi connectivity index (χ1v) is 12.6. The van der Waals surface area contributed by atoms with Crippen molar-refractivity contribution < 1.29 is 28.7 Å². The molecule has 3 rings (SSSR count). The van der Waals surface area contributed by atoms with Gasteiger partial charge in [-0.05, 0) is 36.8 Å². The number of alkyl halides is 2. The van der Waals surface area contributed by atoms with Crippen molar-refractivity contribution in [3.63, 3.8) is 0 Å². The predicted molar refractivity (Wildman–Crippen MR) is 149 cm³/mol. The Morgan fingerprint density at radius 1 is 1.03 bits per heavy atom. The number of hydrogen-bond donors (Lipinski definition) is 0. The molecule has 0 amide bonds. The fourth-order valence-electron chi connectivity index (χ4n) is 3.98. The predicted octanol–water partition coefficient (Wildman–Crippen LogP) is 6.00. The van der Waals surface area contributed by atoms with Gasteiger partial charge in [-0.1, -0.05) is 48.4 Å². The van der Waals surface area contributed by atoms with Crippen LogP contribution in [0.5, 0.6) is 5.75 Å². The van der Waals surface area contributed by atoms with Gasteiger partial charge in [-0.15, -0.1) is 23.2 Å². The summed E-state index contributed by atoms with van der Waals surface area (Å²) >= 11 is 12.7. The number of hydrogen-bond acceptors (Lipinski definition) is 8. The summed E-state index contributed by atoms with van der Waals surface area (Å²) in [6.45, 7) is 6.32. The first-order chi connectivity index (χ1) is 18.1. The number of esters is 1. The lowest BCUT2D eigenvalue weighted by Crippen LogP contribution is -2.14. The molecular weight excluding hydrogens is 531 g/mol. The molecule has 0 aliphatic heterocycles. The van der Waals surface area contributed by atoms with Crippen LogP contribution >= 0.6 is 23.2 Å². The minimum atomic E-state index is -0.778. The second-order valence-corrected chi connectivity index (χ2v) is 10.6. The second kappa shape index (κ2) is 12.5. The largest absolute Gasteiger partial charge is 0.503 e. The molecule has 204 valence electrons. The third-order valence-electron chi connectivity index (χ3n) is 6.52. The van der Waals surface area contributed by atoms with Gasteiger partial charge in [-0.25, -0.2) is 4.79 Å². The van der Waals surface area contributed by atoms with E-state index in [9.17, 15) is 4.79 Å². The van der Waals surface area contributed by atoms with Crippen LogP contribution in [0.1, 0.15) is 37.5 Å². The van der Waals surface area contributed by atoms with Crippen LogP contribution in [-0.2, 0) is 30.6 Å². The van der Waals surface area contributed by atoms with E-state index in [1.54, 1.807) is 13.0 Å². The van der Waals surface area contributed by atoms with Crippen molar-refractivity contribution in [2.24, 2.45) is 21.6 Å². The zero-order chi connectivity index (χ0) is 27.9. The Hall–Kier alpha value is -3.23. The summed E-state index contributed by atoms with van der Waals surface area (Å²) in [5.41, 5.74) is 3.16. The van der Waals surface area contributed by atoms with Crippen molar-refractivity contribution in [1.29, 1.82) is 0 Å². The van der Waals surface area contributed by atoms with E-state index in [1.165, 1.54) is 27.6 Å². The monoisotopic (exact) mass is 562 g/mol. The minimum absolute atomic E-state index is 0.0500. The lowest BCUT2D eigenvalue weighted by atomic mass is 10.0. The van der Waals surface area contributed by atoms with Crippen molar-refractivity contribution in [2.75, 3.05) is 27.9 Å². The van der Waals surface area contributed by atoms with E-state index in [2.05, 4.69) is 10.3 Å². The van der Waals surface area contributed by atoms with Gasteiger partial charge in [0.25, 0.3) is 0 Å². The SMILES string of the molecule is COC=C(C(=O)OC)c1ccccc1CON=C(C)C(=NOC)c1ccc(OCC2C(C)(C)C2(Cl)Cl)cc1. The number of rotatable bonds is 12. The maximum atomic E-state index is 12.2. The highest BCUT2D eigenvalue weighted by Crippen LogP contribution is 2.68. The topological polar surface area (TPSA) is 87.9 Å². The van der Waals surface area contributed by atoms with Gasteiger partial charge in [0.05, 0.1) is 27.1 Å². The second-order valence-electron chi connectivity index (χ2n) is 9.22. The third kappa shape index (κ3) is 6.42. The summed E-state index contributed by atoms with van der Waals surface area (Å²) in [5.74, 6) is 0.214. The van der Waals surface area contributed by atoms with Gasteiger partial charge in [-0.2, -0.15) is 0 Å². The number of carbonyl (C=O) groups is 1. The van der Waals surface area contributed by atoms with Gasteiger partial charge in [-0.3, -0.25) is 0 Å². The summed E-state index contributed by atoms with van der Waals surface area (Å²) in [7, 11) is 4.23. The highest BCUT2D eigenvalue weighted by atomic mass is 35.5. The van der Waals surface area contributed by atoms with E-state index in [0.717, 1.165) is 11.1 Å². The van der Waals surface area contributed by atoms with Gasteiger partial charge in [0, 0.05) is 22.5 Å². The maximum Gasteiger partial charge on any atom is 0.341 e. The molecule has 0 bridgehead atoms. The number of ether oxygens (including phenoxy) is 3. The molecule has 0 aromatic heterocycles. The van der Waals surface area contributed by atoms with Gasteiger partial charge in [0.2, 0.25) is 0 Å². The Kier molecular flexibility index (Phi) is 9.68. The summed E-state index contributed by atoms with van der Waals surface area (Å²) < 4.78 is 15.1. The molecule has 0 N–H and O–H groups in total. The average molecular weight is 563 g/mol. The summed E-state index contributed by atoms with van der Waals surface area (Å²) in [6.07, 6.45) is 1.34. The van der Waals surface area contributed by atoms with Crippen LogP contribution in [0, 0.1) is 11.3 Å². The van der Waals surface area contributed by atoms with Gasteiger partial charge in [0.1, 0.15) is 40.8 Å². The summed E-state index contributed by atoms with van der Waals surface area (Å²) in [5, 5.41) is 8.35. The van der Waals surface area contributed by atoms with E-state index in [1.807, 2.05) is 56.3 Å². The van der Waals surface area contributed by atoms with Crippen molar-refractivity contribution in [3.8, 4) is 5.75 Å². The highest BCUT2D eigenvalue weighted by molar-refractivity contribution is 6.51. The number of methoxy groups -OCH3 is 2. The molecule has 0 saturated heterocycles. The normalized spacial score (nSPS) is 18.4. The van der Waals surface area contributed by atoms with E-state index in [0.29, 0.717) is 29.3 Å². The van der Waals surface area contributed by atoms with Crippen molar-refractivity contribution >= 4 is 46.2 Å². The molecule has 1 unspecified atom stereocenters. The lowest BCUT2D eigenvalue weighted by molar-refractivity contribution is -0.133. The average Bonchev–Trinajstić information content (AvgIpc) is 3.31. The molecule has 8 nitrogen and oxygen atoms in total. The molecule has 1 aliphatic carbocycles. The fraction of sp³-hybridized carbons (Fsp3) is 0.393. The standard InChI is InChI=1S/C28H32Cl2N2O6/c1-18(31-38-15-20-9-7-8-10-22(20)23(16-34-4)26(33)35-5)25(32-36-6)19-11-13-21(14-12-19)37-17-24-27(2,3)28(24,29)30/h7-14,16,24H,15,17H2,1-6H3. The van der Waals surface area contributed by atoms with Crippen LogP contribution in [0.3, 0.4) is 0 Å². The molecule has 0 radical (unpaired) electrons. The quantitative estimate of drug-likeness (QED) is 0.0787. The molecule has 2 aromatic rings. The molecule has 2 aromatic carbocycles. The first-order valence-electron chi connectivity index (χ1n) is 11.9. The van der Waals surface area contributed by atoms with E-state index < -0.39 is 10.3 Å². The van der Waals surface area contributed by atoms with E-state index in [-0.39, 0.29) is 23.5 Å². The molecule has 38 heavy (non-hydrogen) atoms. The Labute approximate surface area is 233 Å². The smallest absolute Gasteiger partial charge is 0.341 e. The van der Waals surface area contributed by atoms with Crippen LogP contribution in [0.2, 0.25) is 0 Å². The Morgan fingerprint density at radius 3 is 2.26 bits per heavy atom. The number of benzene rings is 2. The van der Waals surface area contributed by atoms with Crippen molar-refractivity contribution in [1.82, 2.24) is 0 Å². The van der Waals surface area contributed by atoms with E-state index in [4.69, 9.17) is 47.1 Å². The van der Waals surface area contributed by atoms with Crippen LogP contribution in [-0.4, -0.2) is 49.7 Å². The number of nitrogens with zero attached hydrogens (tertiary/aromatic N) is 2. The molecule has 0 spiro atoms. The number of oxime groups is 2. The minimum Gasteiger partial charge on any atom is -0.503 e. The molecule has 1 aliphatic rings. The maximum absolute atomic E-state index is 12.2. The zero-order valence-corrected chi connectivity index (χ0v) is 23.8. The molecule has 1 saturated carbocycles. The molecule has 1 fully saturated rings. The van der Waals surface area contributed by atoms with Gasteiger partial charge in [0.15, 0.2) is 0 Å². The number of halogens is 2. The Bertz CT molecular complexity index is 1210. The first kappa shape index (κ1) is 29.3. The molecule has 0 heterocycles. The van der Waals surface area contributed by atoms with Gasteiger partial charge >= 0.3 is 5.97 Å². The van der Waals surface area contributed by atoms with Crippen LogP contribution in [0.25, 0.3) is 5.57 Å². The molecule has 10 heteroatoms. The van der Waals surface area contributed by atoms with Gasteiger partial charge < -0.3 is 23.9 Å². The molecular formula is C28H32Cl2N2O6. The third-order valence-corrected chi connectivity index (χ3v) is 8.03. The lowest BCUT2D eigenvalue weighted by Gasteiger charge is -2.11. The summed E-state index contributed by atoms with van der Waals surface area (Å²) in [6, 6.07) is 14.6. The highest BCUT2D eigenvalue weighted by Gasteiger charge is 2.70. The fourth-order valence-corrected chi connectivity index (χ4v) is 4.80. The summed E-state index contributed by atoms with van der Waals surface area (Å²) in [4.78, 5) is 22.9. The van der Waals surface area contributed by atoms with Crippen molar-refractivity contribution in [3.05, 3.63) is 71.5 Å². The van der Waals surface area contributed by atoms with E-state index >= 15 is 0 Å².